The Morgan fingerprint density at radius 2 is 1.85 bits per heavy atom. The van der Waals surface area contributed by atoms with Gasteiger partial charge in [0.25, 0.3) is 0 Å². The molecule has 0 aliphatic heterocycles. The van der Waals surface area contributed by atoms with E-state index in [9.17, 15) is 15.0 Å². The first kappa shape index (κ1) is 14.1. The summed E-state index contributed by atoms with van der Waals surface area (Å²) >= 11 is 4.11. The molecular weight excluding hydrogens is 276 g/mol. The van der Waals surface area contributed by atoms with Gasteiger partial charge < -0.3 is 15.5 Å². The Kier molecular flexibility index (Phi) is 4.37. The number of phenolic OH excluding ortho intramolecular Hbond substituents is 2. The lowest BCUT2D eigenvalue weighted by atomic mass is 10.2. The van der Waals surface area contributed by atoms with Crippen molar-refractivity contribution in [3.05, 3.63) is 54.1 Å². The van der Waals surface area contributed by atoms with E-state index >= 15 is 0 Å². The number of benzene rings is 2. The molecule has 104 valence electrons. The molecule has 2 aromatic rings. The van der Waals surface area contributed by atoms with Gasteiger partial charge in [-0.05, 0) is 17.7 Å². The Morgan fingerprint density at radius 1 is 1.15 bits per heavy atom. The second-order valence-electron chi connectivity index (χ2n) is 4.17. The average molecular weight is 290 g/mol. The number of hydrogen-bond acceptors (Lipinski definition) is 4. The van der Waals surface area contributed by atoms with Crippen molar-refractivity contribution in [3.8, 4) is 11.5 Å². The fourth-order valence-corrected chi connectivity index (χ4v) is 1.85. The third-order valence-electron chi connectivity index (χ3n) is 2.63. The molecule has 5 nitrogen and oxygen atoms in total. The lowest BCUT2D eigenvalue weighted by molar-refractivity contribution is 0.238. The number of carbonyl (C=O) groups is 1. The van der Waals surface area contributed by atoms with Crippen LogP contribution in [0, 0.1) is 0 Å². The summed E-state index contributed by atoms with van der Waals surface area (Å²) in [6.45, 7) is 0.328. The van der Waals surface area contributed by atoms with Crippen molar-refractivity contribution in [2.75, 3.05) is 5.32 Å². The molecule has 2 amide bonds. The SMILES string of the molecule is O=C(Nc1ccc(O)cc1O)N(S)Cc1ccccc1. The van der Waals surface area contributed by atoms with Crippen molar-refractivity contribution < 1.29 is 15.0 Å². The van der Waals surface area contributed by atoms with Crippen LogP contribution >= 0.6 is 12.8 Å². The van der Waals surface area contributed by atoms with Crippen LogP contribution in [0.3, 0.4) is 0 Å². The van der Waals surface area contributed by atoms with Gasteiger partial charge in [-0.15, -0.1) is 0 Å². The van der Waals surface area contributed by atoms with Crippen LogP contribution in [0.2, 0.25) is 0 Å². The van der Waals surface area contributed by atoms with Crippen LogP contribution in [0.25, 0.3) is 0 Å². The summed E-state index contributed by atoms with van der Waals surface area (Å²) in [5.41, 5.74) is 1.15. The highest BCUT2D eigenvalue weighted by Crippen LogP contribution is 2.27. The van der Waals surface area contributed by atoms with Crippen LogP contribution < -0.4 is 5.32 Å². The lowest BCUT2D eigenvalue weighted by Gasteiger charge is -2.17. The monoisotopic (exact) mass is 290 g/mol. The van der Waals surface area contributed by atoms with E-state index in [-0.39, 0.29) is 17.2 Å². The summed E-state index contributed by atoms with van der Waals surface area (Å²) in [5, 5.41) is 21.3. The number of anilines is 1. The normalized spacial score (nSPS) is 10.1. The quantitative estimate of drug-likeness (QED) is 0.399. The number of hydrogen-bond donors (Lipinski definition) is 4. The molecule has 0 saturated heterocycles. The molecule has 20 heavy (non-hydrogen) atoms. The highest BCUT2D eigenvalue weighted by molar-refractivity contribution is 7.78. The van der Waals surface area contributed by atoms with E-state index in [2.05, 4.69) is 18.1 Å². The fourth-order valence-electron chi connectivity index (χ4n) is 1.63. The molecule has 0 aromatic heterocycles. The minimum absolute atomic E-state index is 0.0764. The van der Waals surface area contributed by atoms with Gasteiger partial charge in [0, 0.05) is 6.07 Å². The Labute approximate surface area is 122 Å². The molecular formula is C14H14N2O3S. The van der Waals surface area contributed by atoms with Gasteiger partial charge in [-0.1, -0.05) is 43.1 Å². The molecule has 0 aliphatic carbocycles. The molecule has 0 fully saturated rings. The van der Waals surface area contributed by atoms with Gasteiger partial charge in [0.1, 0.15) is 11.5 Å². The predicted octanol–water partition coefficient (Wildman–Crippen LogP) is 2.98. The zero-order valence-corrected chi connectivity index (χ0v) is 11.4. The van der Waals surface area contributed by atoms with E-state index in [0.717, 1.165) is 11.6 Å². The van der Waals surface area contributed by atoms with E-state index in [1.165, 1.54) is 16.4 Å². The molecule has 0 heterocycles. The number of thiol groups is 1. The zero-order valence-electron chi connectivity index (χ0n) is 10.5. The van der Waals surface area contributed by atoms with Gasteiger partial charge >= 0.3 is 6.03 Å². The lowest BCUT2D eigenvalue weighted by Crippen LogP contribution is -2.26. The first-order valence-corrected chi connectivity index (χ1v) is 6.29. The summed E-state index contributed by atoms with van der Waals surface area (Å²) in [5.74, 6) is -0.285. The van der Waals surface area contributed by atoms with Gasteiger partial charge in [0.15, 0.2) is 0 Å². The molecule has 0 spiro atoms. The molecule has 2 rings (SSSR count). The molecule has 3 N–H and O–H groups in total. The average Bonchev–Trinajstić information content (AvgIpc) is 2.43. The van der Waals surface area contributed by atoms with Crippen LogP contribution in [0.4, 0.5) is 10.5 Å². The standard InChI is InChI=1S/C14H14N2O3S/c17-11-6-7-12(13(18)8-11)15-14(19)16(20)9-10-4-2-1-3-5-10/h1-8,17-18,20H,9H2,(H,15,19). The molecule has 0 aliphatic rings. The first-order chi connectivity index (χ1) is 9.56. The molecule has 0 radical (unpaired) electrons. The van der Waals surface area contributed by atoms with Crippen molar-refractivity contribution in [2.24, 2.45) is 0 Å². The fraction of sp³-hybridized carbons (Fsp3) is 0.0714. The maximum absolute atomic E-state index is 11.9. The summed E-state index contributed by atoms with van der Waals surface area (Å²) in [4.78, 5) is 11.9. The topological polar surface area (TPSA) is 72.8 Å². The van der Waals surface area contributed by atoms with Crippen molar-refractivity contribution in [1.82, 2.24) is 4.31 Å². The van der Waals surface area contributed by atoms with Gasteiger partial charge in [0.2, 0.25) is 0 Å². The first-order valence-electron chi connectivity index (χ1n) is 5.89. The molecule has 0 bridgehead atoms. The second-order valence-corrected chi connectivity index (χ2v) is 4.66. The Hall–Kier alpha value is -2.34. The molecule has 0 saturated carbocycles. The van der Waals surface area contributed by atoms with Crippen LogP contribution in [0.5, 0.6) is 11.5 Å². The van der Waals surface area contributed by atoms with Gasteiger partial charge in [-0.3, -0.25) is 4.31 Å². The van der Waals surface area contributed by atoms with Crippen LogP contribution in [0.1, 0.15) is 5.56 Å². The zero-order chi connectivity index (χ0) is 14.5. The highest BCUT2D eigenvalue weighted by atomic mass is 32.1. The number of aromatic hydroxyl groups is 2. The van der Waals surface area contributed by atoms with E-state index in [4.69, 9.17) is 0 Å². The van der Waals surface area contributed by atoms with Gasteiger partial charge in [-0.2, -0.15) is 0 Å². The predicted molar refractivity (Wildman–Crippen MR) is 79.8 cm³/mol. The Bertz CT molecular complexity index is 605. The van der Waals surface area contributed by atoms with Crippen LogP contribution in [-0.2, 0) is 6.54 Å². The second kappa shape index (κ2) is 6.21. The third kappa shape index (κ3) is 3.58. The minimum atomic E-state index is -0.474. The summed E-state index contributed by atoms with van der Waals surface area (Å²) in [6.07, 6.45) is 0. The number of nitrogens with zero attached hydrogens (tertiary/aromatic N) is 1. The maximum atomic E-state index is 11.9. The molecule has 0 atom stereocenters. The van der Waals surface area contributed by atoms with E-state index < -0.39 is 6.03 Å². The number of rotatable bonds is 3. The van der Waals surface area contributed by atoms with Crippen LogP contribution in [-0.4, -0.2) is 20.5 Å². The minimum Gasteiger partial charge on any atom is -0.508 e. The smallest absolute Gasteiger partial charge is 0.332 e. The molecule has 6 heteroatoms. The van der Waals surface area contributed by atoms with Crippen molar-refractivity contribution in [3.63, 3.8) is 0 Å². The summed E-state index contributed by atoms with van der Waals surface area (Å²) in [7, 11) is 0. The summed E-state index contributed by atoms with van der Waals surface area (Å²) in [6, 6.07) is 12.9. The van der Waals surface area contributed by atoms with E-state index in [0.29, 0.717) is 6.54 Å². The Balaban J connectivity index is 2.01. The van der Waals surface area contributed by atoms with E-state index in [1.807, 2.05) is 30.3 Å². The van der Waals surface area contributed by atoms with Crippen molar-refractivity contribution in [1.29, 1.82) is 0 Å². The van der Waals surface area contributed by atoms with Gasteiger partial charge in [-0.25, -0.2) is 4.79 Å². The number of amides is 2. The van der Waals surface area contributed by atoms with E-state index in [1.54, 1.807) is 0 Å². The number of urea groups is 1. The largest absolute Gasteiger partial charge is 0.508 e. The molecule has 0 unspecified atom stereocenters. The number of nitrogens with one attached hydrogen (secondary N) is 1. The highest BCUT2D eigenvalue weighted by Gasteiger charge is 2.12. The Morgan fingerprint density at radius 3 is 2.50 bits per heavy atom. The number of phenols is 2. The number of carbonyl (C=O) groups excluding carboxylic acids is 1. The third-order valence-corrected chi connectivity index (χ3v) is 2.96. The maximum Gasteiger partial charge on any atom is 0.332 e. The summed E-state index contributed by atoms with van der Waals surface area (Å²) < 4.78 is 1.20. The van der Waals surface area contributed by atoms with Gasteiger partial charge in [0.05, 0.1) is 12.2 Å². The van der Waals surface area contributed by atoms with Crippen molar-refractivity contribution in [2.45, 2.75) is 6.54 Å². The molecule has 2 aromatic carbocycles. The van der Waals surface area contributed by atoms with Crippen LogP contribution in [0.15, 0.2) is 48.5 Å². The van der Waals surface area contributed by atoms with Crippen molar-refractivity contribution >= 4 is 24.5 Å².